The summed E-state index contributed by atoms with van der Waals surface area (Å²) in [5.74, 6) is 0.694. The molecular formula is C23H24ClN5O2. The number of nitrogens with one attached hydrogen (secondary N) is 1. The maximum Gasteiger partial charge on any atom is 0.205 e. The van der Waals surface area contributed by atoms with Gasteiger partial charge in [-0.25, -0.2) is 4.98 Å². The van der Waals surface area contributed by atoms with Crippen LogP contribution in [0.15, 0.2) is 53.5 Å². The summed E-state index contributed by atoms with van der Waals surface area (Å²) in [6.45, 7) is 3.95. The zero-order valence-corrected chi connectivity index (χ0v) is 18.0. The molecular weight excluding hydrogens is 414 g/mol. The van der Waals surface area contributed by atoms with Crippen LogP contribution in [0, 0.1) is 0 Å². The summed E-state index contributed by atoms with van der Waals surface area (Å²) in [6.07, 6.45) is 9.20. The van der Waals surface area contributed by atoms with Crippen LogP contribution in [-0.4, -0.2) is 27.9 Å². The maximum atomic E-state index is 6.33. The highest BCUT2D eigenvalue weighted by atomic mass is 35.5. The maximum absolute atomic E-state index is 6.33. The van der Waals surface area contributed by atoms with Crippen molar-refractivity contribution in [3.8, 4) is 16.9 Å². The molecule has 1 saturated heterocycles. The predicted molar refractivity (Wildman–Crippen MR) is 121 cm³/mol. The third-order valence-corrected chi connectivity index (χ3v) is 6.18. The number of halogens is 1. The first kappa shape index (κ1) is 19.9. The number of rotatable bonds is 5. The summed E-state index contributed by atoms with van der Waals surface area (Å²) < 4.78 is 14.1. The molecule has 5 rings (SSSR count). The van der Waals surface area contributed by atoms with Crippen molar-refractivity contribution in [3.05, 3.63) is 59.7 Å². The Hall–Kier alpha value is -3.03. The van der Waals surface area contributed by atoms with Gasteiger partial charge in [0.1, 0.15) is 12.4 Å². The quantitative estimate of drug-likeness (QED) is 0.457. The van der Waals surface area contributed by atoms with E-state index in [1.165, 1.54) is 0 Å². The molecule has 0 saturated carbocycles. The number of nitrogen functional groups attached to an aromatic ring is 1. The number of furan rings is 1. The van der Waals surface area contributed by atoms with E-state index in [4.69, 9.17) is 26.5 Å². The SMILES string of the molecule is C[C@@H](Oc1c(N)ncc2c(-c3cnn(C4CCNCC4)c3)coc12)c1ccccc1Cl. The Kier molecular flexibility index (Phi) is 5.29. The van der Waals surface area contributed by atoms with Crippen LogP contribution in [-0.2, 0) is 0 Å². The monoisotopic (exact) mass is 437 g/mol. The molecule has 8 heteroatoms. The lowest BCUT2D eigenvalue weighted by Crippen LogP contribution is -2.29. The fourth-order valence-corrected chi connectivity index (χ4v) is 4.40. The number of nitrogens with zero attached hydrogens (tertiary/aromatic N) is 3. The molecule has 7 nitrogen and oxygen atoms in total. The minimum Gasteiger partial charge on any atom is -0.478 e. The lowest BCUT2D eigenvalue weighted by molar-refractivity contribution is 0.228. The van der Waals surface area contributed by atoms with Crippen LogP contribution in [0.1, 0.15) is 37.5 Å². The number of hydrogen-bond acceptors (Lipinski definition) is 6. The Morgan fingerprint density at radius 2 is 2.06 bits per heavy atom. The average Bonchev–Trinajstić information content (AvgIpc) is 3.44. The molecule has 31 heavy (non-hydrogen) atoms. The number of anilines is 1. The van der Waals surface area contributed by atoms with E-state index in [-0.39, 0.29) is 11.9 Å². The van der Waals surface area contributed by atoms with Crippen molar-refractivity contribution in [3.63, 3.8) is 0 Å². The van der Waals surface area contributed by atoms with Crippen molar-refractivity contribution in [2.24, 2.45) is 0 Å². The van der Waals surface area contributed by atoms with Crippen LogP contribution in [0.4, 0.5) is 5.82 Å². The van der Waals surface area contributed by atoms with Gasteiger partial charge in [0.05, 0.1) is 17.6 Å². The Bertz CT molecular complexity index is 1210. The van der Waals surface area contributed by atoms with Gasteiger partial charge in [0.2, 0.25) is 5.75 Å². The summed E-state index contributed by atoms with van der Waals surface area (Å²) >= 11 is 6.33. The minimum atomic E-state index is -0.320. The first-order chi connectivity index (χ1) is 15.1. The number of nitrogens with two attached hydrogens (primary N) is 1. The number of benzene rings is 1. The Morgan fingerprint density at radius 3 is 2.87 bits per heavy atom. The second kappa shape index (κ2) is 8.24. The molecule has 0 radical (unpaired) electrons. The molecule has 0 bridgehead atoms. The highest BCUT2D eigenvalue weighted by molar-refractivity contribution is 6.31. The number of piperidine rings is 1. The van der Waals surface area contributed by atoms with Crippen molar-refractivity contribution in [1.29, 1.82) is 0 Å². The Labute approximate surface area is 185 Å². The van der Waals surface area contributed by atoms with Crippen molar-refractivity contribution < 1.29 is 9.15 Å². The second-order valence-corrected chi connectivity index (χ2v) is 8.24. The molecule has 160 valence electrons. The topological polar surface area (TPSA) is 91.1 Å². The molecule has 1 aliphatic rings. The second-order valence-electron chi connectivity index (χ2n) is 7.84. The number of aromatic nitrogens is 3. The van der Waals surface area contributed by atoms with Gasteiger partial charge in [-0.2, -0.15) is 5.10 Å². The first-order valence-corrected chi connectivity index (χ1v) is 10.8. The lowest BCUT2D eigenvalue weighted by Gasteiger charge is -2.22. The van der Waals surface area contributed by atoms with E-state index in [2.05, 4.69) is 26.3 Å². The molecule has 0 unspecified atom stereocenters. The molecule has 1 aromatic carbocycles. The molecule has 1 fully saturated rings. The molecule has 0 amide bonds. The molecule has 3 aromatic heterocycles. The fourth-order valence-electron chi connectivity index (χ4n) is 4.11. The van der Waals surface area contributed by atoms with E-state index in [0.29, 0.717) is 22.4 Å². The Balaban J connectivity index is 1.48. The number of ether oxygens (including phenoxy) is 1. The van der Waals surface area contributed by atoms with E-state index >= 15 is 0 Å². The van der Waals surface area contributed by atoms with Gasteiger partial charge in [0.15, 0.2) is 11.4 Å². The average molecular weight is 438 g/mol. The highest BCUT2D eigenvalue weighted by Crippen LogP contribution is 2.40. The van der Waals surface area contributed by atoms with Crippen LogP contribution in [0.3, 0.4) is 0 Å². The van der Waals surface area contributed by atoms with Gasteiger partial charge >= 0.3 is 0 Å². The van der Waals surface area contributed by atoms with E-state index in [1.54, 1.807) is 12.5 Å². The lowest BCUT2D eigenvalue weighted by atomic mass is 10.1. The summed E-state index contributed by atoms with van der Waals surface area (Å²) in [7, 11) is 0. The van der Waals surface area contributed by atoms with Gasteiger partial charge in [-0.05, 0) is 38.9 Å². The van der Waals surface area contributed by atoms with Crippen LogP contribution < -0.4 is 15.8 Å². The van der Waals surface area contributed by atoms with Crippen LogP contribution in [0.5, 0.6) is 5.75 Å². The van der Waals surface area contributed by atoms with Gasteiger partial charge in [0.25, 0.3) is 0 Å². The van der Waals surface area contributed by atoms with E-state index < -0.39 is 0 Å². The summed E-state index contributed by atoms with van der Waals surface area (Å²) in [6, 6.07) is 7.99. The van der Waals surface area contributed by atoms with Gasteiger partial charge in [-0.1, -0.05) is 29.8 Å². The minimum absolute atomic E-state index is 0.276. The van der Waals surface area contributed by atoms with Crippen LogP contribution >= 0.6 is 11.6 Å². The van der Waals surface area contributed by atoms with Gasteiger partial charge in [-0.15, -0.1) is 0 Å². The summed E-state index contributed by atoms with van der Waals surface area (Å²) in [4.78, 5) is 4.36. The largest absolute Gasteiger partial charge is 0.478 e. The fraction of sp³-hybridized carbons (Fsp3) is 0.304. The summed E-state index contributed by atoms with van der Waals surface area (Å²) in [5, 5.41) is 9.46. The van der Waals surface area contributed by atoms with Crippen molar-refractivity contribution in [2.45, 2.75) is 31.9 Å². The molecule has 1 aliphatic heterocycles. The predicted octanol–water partition coefficient (Wildman–Crippen LogP) is 4.99. The van der Waals surface area contributed by atoms with Gasteiger partial charge in [-0.3, -0.25) is 4.68 Å². The van der Waals surface area contributed by atoms with Crippen LogP contribution in [0.2, 0.25) is 5.02 Å². The number of fused-ring (bicyclic) bond motifs is 1. The normalized spacial score (nSPS) is 15.9. The first-order valence-electron chi connectivity index (χ1n) is 10.4. The van der Waals surface area contributed by atoms with Crippen LogP contribution in [0.25, 0.3) is 22.1 Å². The van der Waals surface area contributed by atoms with Gasteiger partial charge in [0, 0.05) is 34.1 Å². The van der Waals surface area contributed by atoms with Crippen molar-refractivity contribution >= 4 is 28.4 Å². The number of hydrogen-bond donors (Lipinski definition) is 2. The summed E-state index contributed by atoms with van der Waals surface area (Å²) in [5.41, 5.74) is 9.48. The molecule has 1 atom stereocenters. The third-order valence-electron chi connectivity index (χ3n) is 5.83. The smallest absolute Gasteiger partial charge is 0.205 e. The Morgan fingerprint density at radius 1 is 1.26 bits per heavy atom. The number of pyridine rings is 1. The van der Waals surface area contributed by atoms with E-state index in [1.807, 2.05) is 37.4 Å². The standard InChI is InChI=1S/C23H24ClN5O2/c1-14(17-4-2-3-5-20(17)24)31-22-21-18(11-27-23(22)25)19(13-30-21)15-10-28-29(12-15)16-6-8-26-9-7-16/h2-5,10-14,16,26H,6-9H2,1H3,(H2,25,27)/t14-/m1/s1. The van der Waals surface area contributed by atoms with E-state index in [9.17, 15) is 0 Å². The third kappa shape index (κ3) is 3.75. The molecule has 0 spiro atoms. The molecule has 3 N–H and O–H groups in total. The molecule has 4 heterocycles. The van der Waals surface area contributed by atoms with E-state index in [0.717, 1.165) is 48.0 Å². The molecule has 4 aromatic rings. The highest BCUT2D eigenvalue weighted by Gasteiger charge is 2.22. The molecule has 0 aliphatic carbocycles. The van der Waals surface area contributed by atoms with Crippen molar-refractivity contribution in [1.82, 2.24) is 20.1 Å². The zero-order valence-electron chi connectivity index (χ0n) is 17.2. The zero-order chi connectivity index (χ0) is 21.4. The van der Waals surface area contributed by atoms with Crippen molar-refractivity contribution in [2.75, 3.05) is 18.8 Å². The van der Waals surface area contributed by atoms with Gasteiger partial charge < -0.3 is 20.2 Å².